The molecule has 1 aromatic carbocycles. The van der Waals surface area contributed by atoms with E-state index >= 15 is 0 Å². The topological polar surface area (TPSA) is 44.5 Å². The highest BCUT2D eigenvalue weighted by molar-refractivity contribution is 5.47. The molecule has 1 aromatic rings. The van der Waals surface area contributed by atoms with E-state index in [-0.39, 0.29) is 6.04 Å². The number of rotatable bonds is 6. The van der Waals surface area contributed by atoms with Gasteiger partial charge in [-0.05, 0) is 18.9 Å². The van der Waals surface area contributed by atoms with Crippen molar-refractivity contribution >= 4 is 0 Å². The number of para-hydroxylation sites is 1. The maximum Gasteiger partial charge on any atom is 0.165 e. The highest BCUT2D eigenvalue weighted by Crippen LogP contribution is 2.34. The predicted molar refractivity (Wildman–Crippen MR) is 65.9 cm³/mol. The third-order valence-electron chi connectivity index (χ3n) is 2.51. The molecule has 3 nitrogen and oxygen atoms in total. The van der Waals surface area contributed by atoms with Crippen LogP contribution in [0.15, 0.2) is 30.9 Å². The van der Waals surface area contributed by atoms with E-state index in [2.05, 4.69) is 6.58 Å². The highest BCUT2D eigenvalue weighted by atomic mass is 16.5. The zero-order valence-electron chi connectivity index (χ0n) is 9.90. The molecule has 0 amide bonds. The van der Waals surface area contributed by atoms with Gasteiger partial charge in [0.1, 0.15) is 0 Å². The lowest BCUT2D eigenvalue weighted by Gasteiger charge is -2.17. The van der Waals surface area contributed by atoms with Crippen LogP contribution in [0.1, 0.15) is 24.4 Å². The zero-order chi connectivity index (χ0) is 12.0. The minimum Gasteiger partial charge on any atom is -0.493 e. The van der Waals surface area contributed by atoms with E-state index in [1.165, 1.54) is 0 Å². The second-order valence-corrected chi connectivity index (χ2v) is 3.56. The Kier molecular flexibility index (Phi) is 4.86. The third kappa shape index (κ3) is 2.76. The van der Waals surface area contributed by atoms with Crippen LogP contribution < -0.4 is 15.2 Å². The molecular formula is C13H19NO2. The quantitative estimate of drug-likeness (QED) is 0.751. The van der Waals surface area contributed by atoms with Crippen molar-refractivity contribution in [3.8, 4) is 11.5 Å². The lowest BCUT2D eigenvalue weighted by Crippen LogP contribution is -2.11. The van der Waals surface area contributed by atoms with Crippen molar-refractivity contribution in [1.82, 2.24) is 0 Å². The largest absolute Gasteiger partial charge is 0.493 e. The van der Waals surface area contributed by atoms with Crippen LogP contribution in [0, 0.1) is 0 Å². The molecular weight excluding hydrogens is 202 g/mol. The fraction of sp³-hybridized carbons (Fsp3) is 0.385. The normalized spacial score (nSPS) is 11.9. The zero-order valence-corrected chi connectivity index (χ0v) is 9.90. The monoisotopic (exact) mass is 221 g/mol. The van der Waals surface area contributed by atoms with Crippen LogP contribution in [0.5, 0.6) is 11.5 Å². The molecule has 0 aliphatic rings. The molecule has 0 heterocycles. The van der Waals surface area contributed by atoms with E-state index in [0.29, 0.717) is 5.75 Å². The number of allylic oxidation sites excluding steroid dienone is 1. The lowest BCUT2D eigenvalue weighted by atomic mass is 10.0. The van der Waals surface area contributed by atoms with E-state index in [0.717, 1.165) is 24.2 Å². The van der Waals surface area contributed by atoms with Crippen molar-refractivity contribution in [3.05, 3.63) is 36.4 Å². The minimum absolute atomic E-state index is 0.0527. The van der Waals surface area contributed by atoms with Crippen LogP contribution in [0.4, 0.5) is 0 Å². The third-order valence-corrected chi connectivity index (χ3v) is 2.51. The van der Waals surface area contributed by atoms with E-state index in [4.69, 9.17) is 15.2 Å². The molecule has 1 unspecified atom stereocenters. The van der Waals surface area contributed by atoms with Gasteiger partial charge in [0.15, 0.2) is 11.5 Å². The molecule has 0 spiro atoms. The Morgan fingerprint density at radius 2 is 2.12 bits per heavy atom. The molecule has 1 rings (SSSR count). The fourth-order valence-electron chi connectivity index (χ4n) is 1.66. The number of hydrogen-bond acceptors (Lipinski definition) is 3. The highest BCUT2D eigenvalue weighted by Gasteiger charge is 2.14. The standard InChI is InChI=1S/C13H19NO2/c1-4-5-8-11(14)10-7-6-9-12(15-2)13(10)16-3/h4,6-7,9,11H,1,5,8,14H2,2-3H3. The van der Waals surface area contributed by atoms with Crippen LogP contribution in [0.3, 0.4) is 0 Å². The Balaban J connectivity index is 2.97. The van der Waals surface area contributed by atoms with E-state index in [1.54, 1.807) is 14.2 Å². The molecule has 0 bridgehead atoms. The van der Waals surface area contributed by atoms with Crippen molar-refractivity contribution in [2.45, 2.75) is 18.9 Å². The van der Waals surface area contributed by atoms with Gasteiger partial charge in [-0.2, -0.15) is 0 Å². The summed E-state index contributed by atoms with van der Waals surface area (Å²) in [4.78, 5) is 0. The summed E-state index contributed by atoms with van der Waals surface area (Å²) in [5, 5.41) is 0. The molecule has 0 fully saturated rings. The first-order valence-corrected chi connectivity index (χ1v) is 5.32. The summed E-state index contributed by atoms with van der Waals surface area (Å²) in [6.07, 6.45) is 3.61. The fourth-order valence-corrected chi connectivity index (χ4v) is 1.66. The van der Waals surface area contributed by atoms with E-state index in [1.807, 2.05) is 24.3 Å². The summed E-state index contributed by atoms with van der Waals surface area (Å²) in [6, 6.07) is 5.70. The van der Waals surface area contributed by atoms with Crippen LogP contribution >= 0.6 is 0 Å². The van der Waals surface area contributed by atoms with Crippen molar-refractivity contribution < 1.29 is 9.47 Å². The van der Waals surface area contributed by atoms with Crippen molar-refractivity contribution in [2.24, 2.45) is 5.73 Å². The number of nitrogens with two attached hydrogens (primary N) is 1. The summed E-state index contributed by atoms with van der Waals surface area (Å²) in [5.41, 5.74) is 7.07. The van der Waals surface area contributed by atoms with Crippen molar-refractivity contribution in [3.63, 3.8) is 0 Å². The lowest BCUT2D eigenvalue weighted by molar-refractivity contribution is 0.349. The Morgan fingerprint density at radius 3 is 2.69 bits per heavy atom. The molecule has 0 aliphatic heterocycles. The van der Waals surface area contributed by atoms with Gasteiger partial charge in [0, 0.05) is 11.6 Å². The summed E-state index contributed by atoms with van der Waals surface area (Å²) in [5.74, 6) is 1.44. The molecule has 1 atom stereocenters. The Hall–Kier alpha value is -1.48. The second kappa shape index (κ2) is 6.18. The molecule has 0 radical (unpaired) electrons. The first-order chi connectivity index (χ1) is 7.74. The van der Waals surface area contributed by atoms with Gasteiger partial charge in [-0.1, -0.05) is 18.2 Å². The van der Waals surface area contributed by atoms with Crippen LogP contribution in [0.25, 0.3) is 0 Å². The summed E-state index contributed by atoms with van der Waals surface area (Å²) >= 11 is 0. The van der Waals surface area contributed by atoms with Gasteiger partial charge in [-0.3, -0.25) is 0 Å². The molecule has 0 saturated carbocycles. The first kappa shape index (κ1) is 12.6. The number of methoxy groups -OCH3 is 2. The summed E-state index contributed by atoms with van der Waals surface area (Å²) in [7, 11) is 3.25. The van der Waals surface area contributed by atoms with E-state index < -0.39 is 0 Å². The number of benzene rings is 1. The minimum atomic E-state index is -0.0527. The number of ether oxygens (including phenoxy) is 2. The average Bonchev–Trinajstić information content (AvgIpc) is 2.34. The van der Waals surface area contributed by atoms with Crippen molar-refractivity contribution in [1.29, 1.82) is 0 Å². The summed E-state index contributed by atoms with van der Waals surface area (Å²) in [6.45, 7) is 3.69. The second-order valence-electron chi connectivity index (χ2n) is 3.56. The van der Waals surface area contributed by atoms with Crippen LogP contribution in [-0.2, 0) is 0 Å². The Morgan fingerprint density at radius 1 is 1.38 bits per heavy atom. The summed E-state index contributed by atoms with van der Waals surface area (Å²) < 4.78 is 10.6. The van der Waals surface area contributed by atoms with Gasteiger partial charge in [0.2, 0.25) is 0 Å². The first-order valence-electron chi connectivity index (χ1n) is 5.32. The van der Waals surface area contributed by atoms with Crippen LogP contribution in [-0.4, -0.2) is 14.2 Å². The molecule has 0 aromatic heterocycles. The maximum absolute atomic E-state index is 6.10. The van der Waals surface area contributed by atoms with Crippen molar-refractivity contribution in [2.75, 3.05) is 14.2 Å². The Labute approximate surface area is 96.9 Å². The smallest absolute Gasteiger partial charge is 0.165 e. The van der Waals surface area contributed by atoms with Crippen LogP contribution in [0.2, 0.25) is 0 Å². The SMILES string of the molecule is C=CCCC(N)c1cccc(OC)c1OC. The average molecular weight is 221 g/mol. The maximum atomic E-state index is 6.10. The molecule has 16 heavy (non-hydrogen) atoms. The van der Waals surface area contributed by atoms with Gasteiger partial charge in [0.05, 0.1) is 14.2 Å². The van der Waals surface area contributed by atoms with Gasteiger partial charge in [-0.25, -0.2) is 0 Å². The van der Waals surface area contributed by atoms with E-state index in [9.17, 15) is 0 Å². The van der Waals surface area contributed by atoms with Gasteiger partial charge < -0.3 is 15.2 Å². The Bertz CT molecular complexity index is 350. The van der Waals surface area contributed by atoms with Gasteiger partial charge in [-0.15, -0.1) is 6.58 Å². The predicted octanol–water partition coefficient (Wildman–Crippen LogP) is 2.67. The van der Waals surface area contributed by atoms with Gasteiger partial charge >= 0.3 is 0 Å². The molecule has 0 aliphatic carbocycles. The number of hydrogen-bond donors (Lipinski definition) is 1. The van der Waals surface area contributed by atoms with Gasteiger partial charge in [0.25, 0.3) is 0 Å². The molecule has 3 heteroatoms. The molecule has 88 valence electrons. The molecule has 2 N–H and O–H groups in total. The molecule has 0 saturated heterocycles.